The molecule has 2 heterocycles. The Morgan fingerprint density at radius 1 is 1.45 bits per heavy atom. The SMILES string of the molecule is CCc1ccc(-c2nn3c(c2C)O[C@H](C)CC3)c(F)c1. The number of benzene rings is 1. The minimum absolute atomic E-state index is 0.193. The Morgan fingerprint density at radius 3 is 2.95 bits per heavy atom. The van der Waals surface area contributed by atoms with Crippen LogP contribution in [0, 0.1) is 12.7 Å². The Morgan fingerprint density at radius 2 is 2.25 bits per heavy atom. The highest BCUT2D eigenvalue weighted by Gasteiger charge is 2.24. The largest absolute Gasteiger partial charge is 0.475 e. The number of rotatable bonds is 2. The van der Waals surface area contributed by atoms with E-state index in [9.17, 15) is 4.39 Å². The van der Waals surface area contributed by atoms with E-state index >= 15 is 0 Å². The molecule has 0 fully saturated rings. The first kappa shape index (κ1) is 13.2. The Balaban J connectivity index is 2.07. The average molecular weight is 274 g/mol. The van der Waals surface area contributed by atoms with Gasteiger partial charge in [0.05, 0.1) is 6.10 Å². The molecular formula is C16H19FN2O. The predicted octanol–water partition coefficient (Wildman–Crippen LogP) is 3.73. The van der Waals surface area contributed by atoms with E-state index in [2.05, 4.69) is 5.10 Å². The Labute approximate surface area is 118 Å². The predicted molar refractivity (Wildman–Crippen MR) is 76.4 cm³/mol. The molecule has 1 aromatic heterocycles. The third-order valence-corrected chi connectivity index (χ3v) is 3.89. The van der Waals surface area contributed by atoms with Gasteiger partial charge >= 0.3 is 0 Å². The molecule has 20 heavy (non-hydrogen) atoms. The number of aryl methyl sites for hydroxylation is 2. The summed E-state index contributed by atoms with van der Waals surface area (Å²) in [6, 6.07) is 5.37. The fraction of sp³-hybridized carbons (Fsp3) is 0.438. The second kappa shape index (κ2) is 4.93. The maximum Gasteiger partial charge on any atom is 0.215 e. The van der Waals surface area contributed by atoms with Gasteiger partial charge in [-0.1, -0.05) is 13.0 Å². The van der Waals surface area contributed by atoms with Crippen molar-refractivity contribution < 1.29 is 9.13 Å². The highest BCUT2D eigenvalue weighted by atomic mass is 19.1. The maximum absolute atomic E-state index is 14.3. The van der Waals surface area contributed by atoms with E-state index in [0.29, 0.717) is 11.3 Å². The molecule has 0 N–H and O–H groups in total. The van der Waals surface area contributed by atoms with E-state index in [-0.39, 0.29) is 11.9 Å². The quantitative estimate of drug-likeness (QED) is 0.834. The van der Waals surface area contributed by atoms with Crippen LogP contribution in [-0.4, -0.2) is 15.9 Å². The molecule has 106 valence electrons. The van der Waals surface area contributed by atoms with Crippen LogP contribution in [-0.2, 0) is 13.0 Å². The van der Waals surface area contributed by atoms with Gasteiger partial charge in [-0.3, -0.25) is 0 Å². The van der Waals surface area contributed by atoms with Crippen LogP contribution < -0.4 is 4.74 Å². The van der Waals surface area contributed by atoms with Crippen molar-refractivity contribution in [1.82, 2.24) is 9.78 Å². The molecule has 0 spiro atoms. The Kier molecular flexibility index (Phi) is 3.24. The molecular weight excluding hydrogens is 255 g/mol. The van der Waals surface area contributed by atoms with Gasteiger partial charge in [0, 0.05) is 24.1 Å². The van der Waals surface area contributed by atoms with Gasteiger partial charge in [-0.2, -0.15) is 5.10 Å². The standard InChI is InChI=1S/C16H19FN2O/c1-4-12-5-6-13(14(17)9-12)15-11(3)16-19(18-15)8-7-10(2)20-16/h5-6,9-10H,4,7-8H2,1-3H3/t10-/m1/s1. The number of nitrogens with zero attached hydrogens (tertiary/aromatic N) is 2. The summed E-state index contributed by atoms with van der Waals surface area (Å²) in [6.45, 7) is 6.84. The zero-order valence-electron chi connectivity index (χ0n) is 12.1. The molecule has 0 aliphatic carbocycles. The summed E-state index contributed by atoms with van der Waals surface area (Å²) in [5, 5.41) is 4.52. The van der Waals surface area contributed by atoms with Gasteiger partial charge in [-0.25, -0.2) is 9.07 Å². The average Bonchev–Trinajstić information content (AvgIpc) is 2.76. The number of halogens is 1. The molecule has 0 amide bonds. The fourth-order valence-corrected chi connectivity index (χ4v) is 2.62. The van der Waals surface area contributed by atoms with Gasteiger partial charge in [0.1, 0.15) is 11.5 Å². The molecule has 4 heteroatoms. The fourth-order valence-electron chi connectivity index (χ4n) is 2.62. The lowest BCUT2D eigenvalue weighted by Crippen LogP contribution is -2.23. The lowest BCUT2D eigenvalue weighted by atomic mass is 10.0. The molecule has 0 radical (unpaired) electrons. The first-order valence-electron chi connectivity index (χ1n) is 7.13. The topological polar surface area (TPSA) is 27.1 Å². The van der Waals surface area contributed by atoms with Gasteiger partial charge in [0.25, 0.3) is 0 Å². The third kappa shape index (κ3) is 2.09. The van der Waals surface area contributed by atoms with Crippen molar-refractivity contribution in [2.45, 2.75) is 46.3 Å². The maximum atomic E-state index is 14.3. The summed E-state index contributed by atoms with van der Waals surface area (Å²) in [4.78, 5) is 0. The number of hydrogen-bond acceptors (Lipinski definition) is 2. The van der Waals surface area contributed by atoms with Crippen LogP contribution in [0.1, 0.15) is 31.4 Å². The summed E-state index contributed by atoms with van der Waals surface area (Å²) >= 11 is 0. The van der Waals surface area contributed by atoms with Crippen molar-refractivity contribution in [2.75, 3.05) is 0 Å². The van der Waals surface area contributed by atoms with E-state index in [1.165, 1.54) is 0 Å². The molecule has 0 saturated carbocycles. The van der Waals surface area contributed by atoms with E-state index in [0.717, 1.165) is 36.4 Å². The molecule has 2 aromatic rings. The second-order valence-electron chi connectivity index (χ2n) is 5.39. The van der Waals surface area contributed by atoms with Crippen LogP contribution in [0.3, 0.4) is 0 Å². The zero-order chi connectivity index (χ0) is 14.3. The van der Waals surface area contributed by atoms with E-state index in [1.54, 1.807) is 6.07 Å². The normalized spacial score (nSPS) is 17.7. The summed E-state index contributed by atoms with van der Waals surface area (Å²) in [6.07, 6.45) is 1.96. The molecule has 1 atom stereocenters. The zero-order valence-corrected chi connectivity index (χ0v) is 12.1. The van der Waals surface area contributed by atoms with Gasteiger partial charge in [-0.15, -0.1) is 0 Å². The van der Waals surface area contributed by atoms with Crippen molar-refractivity contribution in [3.8, 4) is 17.1 Å². The molecule has 1 aliphatic heterocycles. The lowest BCUT2D eigenvalue weighted by Gasteiger charge is -2.21. The van der Waals surface area contributed by atoms with E-state index in [4.69, 9.17) is 4.74 Å². The lowest BCUT2D eigenvalue weighted by molar-refractivity contribution is 0.148. The molecule has 3 rings (SSSR count). The minimum atomic E-state index is -0.212. The smallest absolute Gasteiger partial charge is 0.215 e. The monoisotopic (exact) mass is 274 g/mol. The first-order valence-corrected chi connectivity index (χ1v) is 7.13. The van der Waals surface area contributed by atoms with Gasteiger partial charge in [0.2, 0.25) is 5.88 Å². The Hall–Kier alpha value is -1.84. The number of hydrogen-bond donors (Lipinski definition) is 0. The highest BCUT2D eigenvalue weighted by Crippen LogP contribution is 2.34. The van der Waals surface area contributed by atoms with Crippen LogP contribution in [0.15, 0.2) is 18.2 Å². The van der Waals surface area contributed by atoms with Crippen LogP contribution in [0.4, 0.5) is 4.39 Å². The highest BCUT2D eigenvalue weighted by molar-refractivity contribution is 5.66. The van der Waals surface area contributed by atoms with Crippen LogP contribution in [0.5, 0.6) is 5.88 Å². The molecule has 0 saturated heterocycles. The number of fused-ring (bicyclic) bond motifs is 1. The minimum Gasteiger partial charge on any atom is -0.475 e. The summed E-state index contributed by atoms with van der Waals surface area (Å²) in [5.74, 6) is 0.564. The molecule has 0 unspecified atom stereocenters. The van der Waals surface area contributed by atoms with Crippen molar-refractivity contribution in [3.63, 3.8) is 0 Å². The second-order valence-corrected chi connectivity index (χ2v) is 5.39. The summed E-state index contributed by atoms with van der Waals surface area (Å²) in [7, 11) is 0. The molecule has 1 aliphatic rings. The van der Waals surface area contributed by atoms with Crippen LogP contribution in [0.2, 0.25) is 0 Å². The molecule has 0 bridgehead atoms. The number of aromatic nitrogens is 2. The third-order valence-electron chi connectivity index (χ3n) is 3.89. The molecule has 1 aromatic carbocycles. The van der Waals surface area contributed by atoms with Gasteiger partial charge in [-0.05, 0) is 38.0 Å². The van der Waals surface area contributed by atoms with Crippen molar-refractivity contribution in [3.05, 3.63) is 35.1 Å². The van der Waals surface area contributed by atoms with Gasteiger partial charge < -0.3 is 4.74 Å². The van der Waals surface area contributed by atoms with Crippen LogP contribution in [0.25, 0.3) is 11.3 Å². The molecule has 3 nitrogen and oxygen atoms in total. The Bertz CT molecular complexity index is 648. The van der Waals surface area contributed by atoms with Crippen molar-refractivity contribution in [2.24, 2.45) is 0 Å². The number of ether oxygens (including phenoxy) is 1. The van der Waals surface area contributed by atoms with Crippen molar-refractivity contribution in [1.29, 1.82) is 0 Å². The van der Waals surface area contributed by atoms with E-state index in [1.807, 2.05) is 37.6 Å². The first-order chi connectivity index (χ1) is 9.60. The van der Waals surface area contributed by atoms with E-state index < -0.39 is 0 Å². The summed E-state index contributed by atoms with van der Waals surface area (Å²) < 4.78 is 21.9. The van der Waals surface area contributed by atoms with Crippen molar-refractivity contribution >= 4 is 0 Å². The van der Waals surface area contributed by atoms with Crippen LogP contribution >= 0.6 is 0 Å². The van der Waals surface area contributed by atoms with Gasteiger partial charge in [0.15, 0.2) is 0 Å². The summed E-state index contributed by atoms with van der Waals surface area (Å²) in [5.41, 5.74) is 3.16.